The minimum absolute atomic E-state index is 0. The number of aliphatic imine (C=N–C) groups is 1. The van der Waals surface area contributed by atoms with Gasteiger partial charge in [-0.05, 0) is 24.6 Å². The molecule has 0 aliphatic carbocycles. The van der Waals surface area contributed by atoms with Crippen molar-refractivity contribution < 1.29 is 13.2 Å². The summed E-state index contributed by atoms with van der Waals surface area (Å²) in [6.45, 7) is 2.69. The number of anilines is 1. The standard InChI is InChI=1S/C15H23F3N4.HI/c1-4-19-14(20-10-9-15(16,17)18)21-11-12-5-7-13(8-6-12)22(2)3;/h5-8H,4,9-11H2,1-3H3,(H2,19,20,21);1H. The molecule has 0 bridgehead atoms. The van der Waals surface area contributed by atoms with E-state index in [1.807, 2.05) is 50.2 Å². The van der Waals surface area contributed by atoms with Crippen molar-refractivity contribution in [3.8, 4) is 0 Å². The highest BCUT2D eigenvalue weighted by Crippen LogP contribution is 2.18. The van der Waals surface area contributed by atoms with E-state index >= 15 is 0 Å². The Balaban J connectivity index is 0.00000484. The van der Waals surface area contributed by atoms with Crippen molar-refractivity contribution in [1.29, 1.82) is 0 Å². The van der Waals surface area contributed by atoms with Crippen LogP contribution in [0.15, 0.2) is 29.3 Å². The molecule has 0 saturated carbocycles. The third-order valence-electron chi connectivity index (χ3n) is 2.92. The Kier molecular flexibility index (Phi) is 10.0. The van der Waals surface area contributed by atoms with Crippen LogP contribution < -0.4 is 15.5 Å². The van der Waals surface area contributed by atoms with Gasteiger partial charge in [-0.25, -0.2) is 4.99 Å². The van der Waals surface area contributed by atoms with E-state index < -0.39 is 12.6 Å². The van der Waals surface area contributed by atoms with E-state index in [9.17, 15) is 13.2 Å². The lowest BCUT2D eigenvalue weighted by molar-refractivity contribution is -0.132. The second-order valence-corrected chi connectivity index (χ2v) is 5.05. The summed E-state index contributed by atoms with van der Waals surface area (Å²) >= 11 is 0. The first-order valence-corrected chi connectivity index (χ1v) is 7.17. The Labute approximate surface area is 152 Å². The molecule has 8 heteroatoms. The molecule has 1 aromatic carbocycles. The monoisotopic (exact) mass is 444 g/mol. The van der Waals surface area contributed by atoms with Gasteiger partial charge in [0.15, 0.2) is 5.96 Å². The highest BCUT2D eigenvalue weighted by atomic mass is 127. The zero-order valence-electron chi connectivity index (χ0n) is 13.6. The number of nitrogens with one attached hydrogen (secondary N) is 2. The summed E-state index contributed by atoms with van der Waals surface area (Å²) in [5, 5.41) is 5.62. The summed E-state index contributed by atoms with van der Waals surface area (Å²) in [7, 11) is 3.92. The van der Waals surface area contributed by atoms with Crippen LogP contribution in [0.1, 0.15) is 18.9 Å². The van der Waals surface area contributed by atoms with E-state index in [2.05, 4.69) is 15.6 Å². The van der Waals surface area contributed by atoms with E-state index in [1.165, 1.54) is 0 Å². The molecule has 132 valence electrons. The molecule has 0 aliphatic rings. The van der Waals surface area contributed by atoms with Gasteiger partial charge in [0.2, 0.25) is 0 Å². The zero-order chi connectivity index (χ0) is 16.6. The third-order valence-corrected chi connectivity index (χ3v) is 2.92. The Hall–Kier alpha value is -1.19. The molecule has 1 rings (SSSR count). The average molecular weight is 444 g/mol. The third kappa shape index (κ3) is 9.52. The number of rotatable bonds is 6. The molecule has 0 aromatic heterocycles. The van der Waals surface area contributed by atoms with Crippen LogP contribution in [0.25, 0.3) is 0 Å². The maximum absolute atomic E-state index is 12.1. The summed E-state index contributed by atoms with van der Waals surface area (Å²) in [4.78, 5) is 6.29. The van der Waals surface area contributed by atoms with Gasteiger partial charge in [0.1, 0.15) is 0 Å². The second kappa shape index (κ2) is 10.6. The molecule has 0 fully saturated rings. The highest BCUT2D eigenvalue weighted by Gasteiger charge is 2.26. The predicted octanol–water partition coefficient (Wildman–Crippen LogP) is 3.38. The van der Waals surface area contributed by atoms with Crippen LogP contribution in [-0.4, -0.2) is 39.3 Å². The first-order chi connectivity index (χ1) is 10.3. The number of benzene rings is 1. The predicted molar refractivity (Wildman–Crippen MR) is 99.7 cm³/mol. The lowest BCUT2D eigenvalue weighted by Crippen LogP contribution is -2.38. The lowest BCUT2D eigenvalue weighted by Gasteiger charge is -2.13. The summed E-state index contributed by atoms with van der Waals surface area (Å²) in [5.41, 5.74) is 2.08. The van der Waals surface area contributed by atoms with E-state index in [4.69, 9.17) is 0 Å². The quantitative estimate of drug-likeness (QED) is 0.402. The minimum Gasteiger partial charge on any atom is -0.378 e. The summed E-state index contributed by atoms with van der Waals surface area (Å²) in [6, 6.07) is 7.87. The van der Waals surface area contributed by atoms with E-state index in [1.54, 1.807) is 0 Å². The average Bonchev–Trinajstić information content (AvgIpc) is 2.44. The summed E-state index contributed by atoms with van der Waals surface area (Å²) in [6.07, 6.45) is -5.04. The van der Waals surface area contributed by atoms with Gasteiger partial charge in [0.05, 0.1) is 13.0 Å². The van der Waals surface area contributed by atoms with Crippen LogP contribution in [0.2, 0.25) is 0 Å². The van der Waals surface area contributed by atoms with Crippen LogP contribution >= 0.6 is 24.0 Å². The number of nitrogens with zero attached hydrogens (tertiary/aromatic N) is 2. The molecule has 1 aromatic rings. The van der Waals surface area contributed by atoms with Gasteiger partial charge in [-0.1, -0.05) is 12.1 Å². The van der Waals surface area contributed by atoms with Crippen LogP contribution in [0, 0.1) is 0 Å². The van der Waals surface area contributed by atoms with Crippen molar-refractivity contribution in [2.75, 3.05) is 32.1 Å². The van der Waals surface area contributed by atoms with E-state index in [-0.39, 0.29) is 30.5 Å². The Morgan fingerprint density at radius 3 is 2.22 bits per heavy atom. The molecule has 0 amide bonds. The van der Waals surface area contributed by atoms with Crippen LogP contribution in [-0.2, 0) is 6.54 Å². The molecule has 2 N–H and O–H groups in total. The molecular weight excluding hydrogens is 420 g/mol. The molecule has 0 radical (unpaired) electrons. The van der Waals surface area contributed by atoms with Gasteiger partial charge in [0.25, 0.3) is 0 Å². The van der Waals surface area contributed by atoms with Crippen LogP contribution in [0.4, 0.5) is 18.9 Å². The van der Waals surface area contributed by atoms with Crippen molar-refractivity contribution in [3.05, 3.63) is 29.8 Å². The highest BCUT2D eigenvalue weighted by molar-refractivity contribution is 14.0. The normalized spacial score (nSPS) is 11.7. The molecule has 0 aliphatic heterocycles. The molecular formula is C15H24F3IN4. The molecule has 0 heterocycles. The van der Waals surface area contributed by atoms with Gasteiger partial charge in [-0.15, -0.1) is 24.0 Å². The van der Waals surface area contributed by atoms with E-state index in [0.717, 1.165) is 11.3 Å². The topological polar surface area (TPSA) is 39.7 Å². The smallest absolute Gasteiger partial charge is 0.378 e. The van der Waals surface area contributed by atoms with Crippen LogP contribution in [0.5, 0.6) is 0 Å². The number of guanidine groups is 1. The first kappa shape index (κ1) is 21.8. The number of alkyl halides is 3. The Morgan fingerprint density at radius 2 is 1.74 bits per heavy atom. The van der Waals surface area contributed by atoms with Gasteiger partial charge in [-0.3, -0.25) is 0 Å². The molecule has 0 spiro atoms. The molecule has 0 unspecified atom stereocenters. The maximum atomic E-state index is 12.1. The van der Waals surface area contributed by atoms with Crippen molar-refractivity contribution in [3.63, 3.8) is 0 Å². The fourth-order valence-electron chi connectivity index (χ4n) is 1.73. The number of hydrogen-bond acceptors (Lipinski definition) is 2. The molecule has 0 saturated heterocycles. The summed E-state index contributed by atoms with van der Waals surface area (Å²) < 4.78 is 36.4. The largest absolute Gasteiger partial charge is 0.390 e. The van der Waals surface area contributed by atoms with Gasteiger partial charge >= 0.3 is 6.18 Å². The van der Waals surface area contributed by atoms with E-state index in [0.29, 0.717) is 19.0 Å². The Bertz CT molecular complexity index is 473. The SMILES string of the molecule is CCNC(=NCc1ccc(N(C)C)cc1)NCCC(F)(F)F.I. The van der Waals surface area contributed by atoms with Gasteiger partial charge in [0, 0.05) is 32.9 Å². The second-order valence-electron chi connectivity index (χ2n) is 5.05. The fraction of sp³-hybridized carbons (Fsp3) is 0.533. The van der Waals surface area contributed by atoms with Crippen molar-refractivity contribution in [2.45, 2.75) is 26.1 Å². The number of hydrogen-bond donors (Lipinski definition) is 2. The van der Waals surface area contributed by atoms with Gasteiger partial charge < -0.3 is 15.5 Å². The molecule has 0 atom stereocenters. The fourth-order valence-corrected chi connectivity index (χ4v) is 1.73. The summed E-state index contributed by atoms with van der Waals surface area (Å²) in [5.74, 6) is 0.392. The van der Waals surface area contributed by atoms with Crippen LogP contribution in [0.3, 0.4) is 0 Å². The maximum Gasteiger partial charge on any atom is 0.390 e. The Morgan fingerprint density at radius 1 is 1.13 bits per heavy atom. The van der Waals surface area contributed by atoms with Crippen molar-refractivity contribution >= 4 is 35.6 Å². The minimum atomic E-state index is -4.16. The zero-order valence-corrected chi connectivity index (χ0v) is 15.9. The molecule has 4 nitrogen and oxygen atoms in total. The first-order valence-electron chi connectivity index (χ1n) is 7.17. The molecule has 23 heavy (non-hydrogen) atoms. The van der Waals surface area contributed by atoms with Crippen molar-refractivity contribution in [1.82, 2.24) is 10.6 Å². The number of halogens is 4. The van der Waals surface area contributed by atoms with Crippen molar-refractivity contribution in [2.24, 2.45) is 4.99 Å². The lowest BCUT2D eigenvalue weighted by atomic mass is 10.2. The van der Waals surface area contributed by atoms with Gasteiger partial charge in [-0.2, -0.15) is 13.2 Å².